The summed E-state index contributed by atoms with van der Waals surface area (Å²) in [7, 11) is 0. The van der Waals surface area contributed by atoms with Crippen LogP contribution in [0.4, 0.5) is 4.39 Å². The van der Waals surface area contributed by atoms with Gasteiger partial charge in [-0.05, 0) is 97.2 Å². The summed E-state index contributed by atoms with van der Waals surface area (Å²) in [6, 6.07) is 12.4. The average Bonchev–Trinajstić information content (AvgIpc) is 3.04. The summed E-state index contributed by atoms with van der Waals surface area (Å²) in [5.74, 6) is 2.07. The van der Waals surface area contributed by atoms with E-state index in [0.717, 1.165) is 24.8 Å². The second-order valence-corrected chi connectivity index (χ2v) is 9.14. The predicted octanol–water partition coefficient (Wildman–Crippen LogP) is 5.86. The highest BCUT2D eigenvalue weighted by molar-refractivity contribution is 5.93. The van der Waals surface area contributed by atoms with Gasteiger partial charge in [0, 0.05) is 11.1 Å². The van der Waals surface area contributed by atoms with Gasteiger partial charge in [-0.3, -0.25) is 0 Å². The lowest BCUT2D eigenvalue weighted by Crippen LogP contribution is -2.42. The van der Waals surface area contributed by atoms with E-state index in [-0.39, 0.29) is 11.2 Å². The van der Waals surface area contributed by atoms with Crippen LogP contribution < -0.4 is 0 Å². The van der Waals surface area contributed by atoms with Gasteiger partial charge >= 0.3 is 0 Å². The molecule has 3 aliphatic rings. The van der Waals surface area contributed by atoms with Crippen molar-refractivity contribution in [1.29, 1.82) is 0 Å². The molecule has 2 fully saturated rings. The zero-order chi connectivity index (χ0) is 20.0. The van der Waals surface area contributed by atoms with E-state index in [4.69, 9.17) is 0 Å². The van der Waals surface area contributed by atoms with Gasteiger partial charge in [-0.1, -0.05) is 25.1 Å². The standard InChI is InChI=1S/C25H27FN2O/c1-25-12-11-21-20-8-6-19(29)14-17(20)5-7-22(21)23(25)9-10-24(25)28-27-15-16-3-2-4-18(26)13-16/h2-4,6,8,13-15,21-23,29H,5,7,9-12H2,1H3/b27-15-,28-24-/t21-,22-,23+,25+/m1/s1. The Morgan fingerprint density at radius 2 is 2.00 bits per heavy atom. The summed E-state index contributed by atoms with van der Waals surface area (Å²) in [5, 5.41) is 18.8. The molecule has 0 radical (unpaired) electrons. The van der Waals surface area contributed by atoms with Crippen LogP contribution in [0.15, 0.2) is 52.7 Å². The van der Waals surface area contributed by atoms with Crippen LogP contribution in [0.25, 0.3) is 0 Å². The summed E-state index contributed by atoms with van der Waals surface area (Å²) in [6.45, 7) is 2.38. The number of benzene rings is 2. The Balaban J connectivity index is 1.38. The molecule has 5 rings (SSSR count). The van der Waals surface area contributed by atoms with Gasteiger partial charge in [0.05, 0.1) is 6.21 Å². The molecule has 3 nitrogen and oxygen atoms in total. The Hall–Kier alpha value is -2.49. The lowest BCUT2D eigenvalue weighted by atomic mass is 9.55. The SMILES string of the molecule is C[C@]12CC[C@@H]3c4ccc(O)cc4CC[C@H]3[C@@H]1CC/C2=N/N=C\c1cccc(F)c1. The molecule has 29 heavy (non-hydrogen) atoms. The number of hydrogen-bond donors (Lipinski definition) is 1. The maximum absolute atomic E-state index is 13.4. The van der Waals surface area contributed by atoms with Crippen molar-refractivity contribution in [3.05, 3.63) is 65.0 Å². The van der Waals surface area contributed by atoms with Gasteiger partial charge in [0.1, 0.15) is 11.6 Å². The molecule has 0 unspecified atom stereocenters. The van der Waals surface area contributed by atoms with Crippen molar-refractivity contribution in [2.45, 2.75) is 51.4 Å². The van der Waals surface area contributed by atoms with E-state index in [1.54, 1.807) is 12.3 Å². The molecular weight excluding hydrogens is 363 g/mol. The van der Waals surface area contributed by atoms with E-state index in [2.05, 4.69) is 23.2 Å². The topological polar surface area (TPSA) is 45.0 Å². The second kappa shape index (κ2) is 7.08. The third-order valence-corrected chi connectivity index (χ3v) is 7.69. The van der Waals surface area contributed by atoms with Crippen LogP contribution in [0.2, 0.25) is 0 Å². The van der Waals surface area contributed by atoms with E-state index >= 15 is 0 Å². The molecule has 3 aliphatic carbocycles. The van der Waals surface area contributed by atoms with Crippen LogP contribution in [0.3, 0.4) is 0 Å². The third kappa shape index (κ3) is 3.19. The molecular formula is C25H27FN2O. The first-order chi connectivity index (χ1) is 14.0. The second-order valence-electron chi connectivity index (χ2n) is 9.14. The van der Waals surface area contributed by atoms with E-state index in [0.29, 0.717) is 23.5 Å². The highest BCUT2D eigenvalue weighted by atomic mass is 19.1. The van der Waals surface area contributed by atoms with Crippen LogP contribution >= 0.6 is 0 Å². The zero-order valence-corrected chi connectivity index (χ0v) is 16.8. The molecule has 150 valence electrons. The average molecular weight is 391 g/mol. The molecule has 0 amide bonds. The van der Waals surface area contributed by atoms with E-state index in [1.807, 2.05) is 18.2 Å². The molecule has 0 bridgehead atoms. The molecule has 4 atom stereocenters. The smallest absolute Gasteiger partial charge is 0.123 e. The van der Waals surface area contributed by atoms with Crippen molar-refractivity contribution in [3.63, 3.8) is 0 Å². The van der Waals surface area contributed by atoms with Gasteiger partial charge in [0.15, 0.2) is 0 Å². The van der Waals surface area contributed by atoms with Crippen molar-refractivity contribution in [2.24, 2.45) is 27.5 Å². The maximum atomic E-state index is 13.4. The quantitative estimate of drug-likeness (QED) is 0.506. The van der Waals surface area contributed by atoms with Crippen molar-refractivity contribution in [3.8, 4) is 5.75 Å². The van der Waals surface area contributed by atoms with Crippen molar-refractivity contribution in [1.82, 2.24) is 0 Å². The van der Waals surface area contributed by atoms with Gasteiger partial charge in [0.2, 0.25) is 0 Å². The number of fused-ring (bicyclic) bond motifs is 5. The fourth-order valence-electron chi connectivity index (χ4n) is 6.27. The zero-order valence-electron chi connectivity index (χ0n) is 16.8. The molecule has 0 aromatic heterocycles. The van der Waals surface area contributed by atoms with Crippen LogP contribution in [0.5, 0.6) is 5.75 Å². The summed E-state index contributed by atoms with van der Waals surface area (Å²) in [4.78, 5) is 0. The summed E-state index contributed by atoms with van der Waals surface area (Å²) >= 11 is 0. The minimum absolute atomic E-state index is 0.120. The maximum Gasteiger partial charge on any atom is 0.123 e. The first-order valence-corrected chi connectivity index (χ1v) is 10.7. The largest absolute Gasteiger partial charge is 0.508 e. The lowest BCUT2D eigenvalue weighted by molar-refractivity contribution is 0.0955. The van der Waals surface area contributed by atoms with E-state index in [1.165, 1.54) is 48.2 Å². The van der Waals surface area contributed by atoms with Crippen LogP contribution in [-0.4, -0.2) is 17.0 Å². The highest BCUT2D eigenvalue weighted by Crippen LogP contribution is 2.60. The number of aromatic hydroxyl groups is 1. The number of aryl methyl sites for hydroxylation is 1. The van der Waals surface area contributed by atoms with Crippen LogP contribution in [0, 0.1) is 23.1 Å². The van der Waals surface area contributed by atoms with Crippen molar-refractivity contribution >= 4 is 11.9 Å². The van der Waals surface area contributed by atoms with Crippen molar-refractivity contribution in [2.75, 3.05) is 0 Å². The number of nitrogens with zero attached hydrogens (tertiary/aromatic N) is 2. The molecule has 2 aromatic carbocycles. The van der Waals surface area contributed by atoms with Crippen LogP contribution in [0.1, 0.15) is 61.6 Å². The Morgan fingerprint density at radius 1 is 1.10 bits per heavy atom. The number of hydrogen-bond acceptors (Lipinski definition) is 3. The Labute approximate surface area is 171 Å². The van der Waals surface area contributed by atoms with E-state index in [9.17, 15) is 9.50 Å². The Kier molecular flexibility index (Phi) is 4.53. The third-order valence-electron chi connectivity index (χ3n) is 7.69. The Morgan fingerprint density at radius 3 is 2.86 bits per heavy atom. The molecule has 2 saturated carbocycles. The molecule has 2 aromatic rings. The van der Waals surface area contributed by atoms with E-state index < -0.39 is 0 Å². The fraction of sp³-hybridized carbons (Fsp3) is 0.440. The molecule has 1 N–H and O–H groups in total. The van der Waals surface area contributed by atoms with Gasteiger partial charge in [-0.2, -0.15) is 10.2 Å². The first kappa shape index (κ1) is 18.5. The Bertz CT molecular complexity index is 998. The summed E-state index contributed by atoms with van der Waals surface area (Å²) in [6.07, 6.45) is 8.40. The minimum Gasteiger partial charge on any atom is -0.508 e. The normalized spacial score (nSPS) is 32.2. The van der Waals surface area contributed by atoms with Gasteiger partial charge in [-0.25, -0.2) is 4.39 Å². The fourth-order valence-corrected chi connectivity index (χ4v) is 6.27. The molecule has 0 saturated heterocycles. The summed E-state index contributed by atoms with van der Waals surface area (Å²) < 4.78 is 13.4. The molecule has 4 heteroatoms. The minimum atomic E-state index is -0.251. The molecule has 0 spiro atoms. The number of rotatable bonds is 2. The monoisotopic (exact) mass is 390 g/mol. The number of halogens is 1. The van der Waals surface area contributed by atoms with Crippen LogP contribution in [-0.2, 0) is 6.42 Å². The first-order valence-electron chi connectivity index (χ1n) is 10.7. The summed E-state index contributed by atoms with van der Waals surface area (Å²) in [5.41, 5.74) is 4.86. The number of phenols is 1. The van der Waals surface area contributed by atoms with Gasteiger partial charge in [0.25, 0.3) is 0 Å². The number of phenolic OH excluding ortho intramolecular Hbond substituents is 1. The molecule has 0 aliphatic heterocycles. The lowest BCUT2D eigenvalue weighted by Gasteiger charge is -2.49. The highest BCUT2D eigenvalue weighted by Gasteiger charge is 2.53. The molecule has 0 heterocycles. The van der Waals surface area contributed by atoms with Crippen molar-refractivity contribution < 1.29 is 9.50 Å². The van der Waals surface area contributed by atoms with Gasteiger partial charge < -0.3 is 5.11 Å². The van der Waals surface area contributed by atoms with Gasteiger partial charge in [-0.15, -0.1) is 0 Å². The predicted molar refractivity (Wildman–Crippen MR) is 114 cm³/mol.